The molecule has 7 heteroatoms. The van der Waals surface area contributed by atoms with Crippen molar-refractivity contribution < 1.29 is 13.5 Å². The van der Waals surface area contributed by atoms with Gasteiger partial charge in [-0.3, -0.25) is 0 Å². The van der Waals surface area contributed by atoms with E-state index in [9.17, 15) is 8.78 Å². The van der Waals surface area contributed by atoms with E-state index in [0.29, 0.717) is 10.3 Å². The van der Waals surface area contributed by atoms with E-state index in [2.05, 4.69) is 30.7 Å². The second-order valence-corrected chi connectivity index (χ2v) is 3.74. The molecule has 2 rings (SSSR count). The Morgan fingerprint density at radius 2 is 2.27 bits per heavy atom. The van der Waals surface area contributed by atoms with Crippen LogP contribution < -0.4 is 4.74 Å². The Bertz CT molecular complexity index is 500. The zero-order chi connectivity index (χ0) is 11.0. The number of hydrogen-bond acceptors (Lipinski definition) is 3. The molecule has 0 aliphatic rings. The summed E-state index contributed by atoms with van der Waals surface area (Å²) in [7, 11) is 0. The fourth-order valence-electron chi connectivity index (χ4n) is 1.21. The van der Waals surface area contributed by atoms with E-state index >= 15 is 0 Å². The molecule has 80 valence electrons. The number of hydrogen-bond donors (Lipinski definition) is 0. The zero-order valence-electron chi connectivity index (χ0n) is 7.62. The molecule has 0 amide bonds. The second-order valence-electron chi connectivity index (χ2n) is 2.83. The van der Waals surface area contributed by atoms with E-state index < -0.39 is 6.61 Å². The van der Waals surface area contributed by atoms with Gasteiger partial charge in [0.15, 0.2) is 11.4 Å². The zero-order valence-corrected chi connectivity index (χ0v) is 9.20. The number of nitrogens with zero attached hydrogens (tertiary/aromatic N) is 3. The topological polar surface area (TPSA) is 39.4 Å². The number of aromatic nitrogens is 3. The van der Waals surface area contributed by atoms with Crippen molar-refractivity contribution in [3.63, 3.8) is 0 Å². The first-order valence-electron chi connectivity index (χ1n) is 4.03. The van der Waals surface area contributed by atoms with Gasteiger partial charge in [0.25, 0.3) is 0 Å². The summed E-state index contributed by atoms with van der Waals surface area (Å²) in [5.74, 6) is 0.493. The minimum absolute atomic E-state index is 0.0000231. The minimum atomic E-state index is -2.87. The van der Waals surface area contributed by atoms with Crippen LogP contribution in [0.3, 0.4) is 0 Å². The Balaban J connectivity index is 2.59. The van der Waals surface area contributed by atoms with E-state index in [1.807, 2.05) is 0 Å². The van der Waals surface area contributed by atoms with Crippen molar-refractivity contribution in [1.82, 2.24) is 14.6 Å². The SMILES string of the molecule is Cc1nc2c(OC(F)F)cc(Br)cn2n1. The quantitative estimate of drug-likeness (QED) is 0.846. The van der Waals surface area contributed by atoms with Crippen LogP contribution in [0.15, 0.2) is 16.7 Å². The van der Waals surface area contributed by atoms with Crippen molar-refractivity contribution in [3.8, 4) is 5.75 Å². The Morgan fingerprint density at radius 3 is 2.93 bits per heavy atom. The molecule has 0 atom stereocenters. The van der Waals surface area contributed by atoms with Gasteiger partial charge >= 0.3 is 6.61 Å². The summed E-state index contributed by atoms with van der Waals surface area (Å²) < 4.78 is 30.5. The van der Waals surface area contributed by atoms with Crippen LogP contribution >= 0.6 is 15.9 Å². The van der Waals surface area contributed by atoms with Gasteiger partial charge in [0.2, 0.25) is 0 Å². The average Bonchev–Trinajstić information content (AvgIpc) is 2.44. The van der Waals surface area contributed by atoms with Gasteiger partial charge < -0.3 is 4.74 Å². The van der Waals surface area contributed by atoms with Gasteiger partial charge in [-0.1, -0.05) is 0 Å². The fourth-order valence-corrected chi connectivity index (χ4v) is 1.62. The van der Waals surface area contributed by atoms with Crippen molar-refractivity contribution >= 4 is 21.6 Å². The van der Waals surface area contributed by atoms with Crippen LogP contribution in [0.25, 0.3) is 5.65 Å². The van der Waals surface area contributed by atoms with Crippen molar-refractivity contribution in [1.29, 1.82) is 0 Å². The molecular weight excluding hydrogens is 272 g/mol. The van der Waals surface area contributed by atoms with E-state index in [4.69, 9.17) is 0 Å². The van der Waals surface area contributed by atoms with Gasteiger partial charge in [-0.15, -0.1) is 0 Å². The minimum Gasteiger partial charge on any atom is -0.431 e. The highest BCUT2D eigenvalue weighted by Crippen LogP contribution is 2.24. The van der Waals surface area contributed by atoms with Crippen molar-refractivity contribution in [2.45, 2.75) is 13.5 Å². The Labute approximate surface area is 92.0 Å². The van der Waals surface area contributed by atoms with Gasteiger partial charge in [-0.05, 0) is 22.9 Å². The number of ether oxygens (including phenoxy) is 1. The third-order valence-corrected chi connectivity index (χ3v) is 2.12. The molecule has 0 spiro atoms. The van der Waals surface area contributed by atoms with Crippen molar-refractivity contribution in [2.75, 3.05) is 0 Å². The van der Waals surface area contributed by atoms with Gasteiger partial charge in [-0.25, -0.2) is 9.50 Å². The first-order valence-corrected chi connectivity index (χ1v) is 4.83. The Morgan fingerprint density at radius 1 is 1.53 bits per heavy atom. The Kier molecular flexibility index (Phi) is 2.56. The summed E-state index contributed by atoms with van der Waals surface area (Å²) in [5.41, 5.74) is 0.274. The third kappa shape index (κ3) is 2.06. The first-order chi connectivity index (χ1) is 7.06. The fraction of sp³-hybridized carbons (Fsp3) is 0.250. The smallest absolute Gasteiger partial charge is 0.387 e. The molecule has 0 fully saturated rings. The lowest BCUT2D eigenvalue weighted by molar-refractivity contribution is -0.0492. The largest absolute Gasteiger partial charge is 0.431 e. The molecular formula is C8H6BrF2N3O. The molecule has 0 saturated carbocycles. The van der Waals surface area contributed by atoms with Crippen molar-refractivity contribution in [3.05, 3.63) is 22.6 Å². The van der Waals surface area contributed by atoms with Crippen LogP contribution in [0.2, 0.25) is 0 Å². The summed E-state index contributed by atoms with van der Waals surface area (Å²) >= 11 is 3.17. The molecule has 0 unspecified atom stereocenters. The molecule has 0 aromatic carbocycles. The lowest BCUT2D eigenvalue weighted by Crippen LogP contribution is -2.04. The summed E-state index contributed by atoms with van der Waals surface area (Å²) in [6, 6.07) is 1.43. The molecule has 2 heterocycles. The molecule has 0 aliphatic carbocycles. The van der Waals surface area contributed by atoms with Gasteiger partial charge in [0.05, 0.1) is 0 Å². The normalized spacial score (nSPS) is 11.3. The van der Waals surface area contributed by atoms with Crippen LogP contribution in [0.1, 0.15) is 5.82 Å². The predicted octanol–water partition coefficient (Wildman–Crippen LogP) is 2.40. The molecule has 0 bridgehead atoms. The lowest BCUT2D eigenvalue weighted by atomic mass is 10.4. The maximum absolute atomic E-state index is 12.1. The highest BCUT2D eigenvalue weighted by Gasteiger charge is 2.12. The summed E-state index contributed by atoms with van der Waals surface area (Å²) in [6.07, 6.45) is 1.62. The number of aryl methyl sites for hydroxylation is 1. The number of fused-ring (bicyclic) bond motifs is 1. The lowest BCUT2D eigenvalue weighted by Gasteiger charge is -2.05. The number of halogens is 3. The van der Waals surface area contributed by atoms with Crippen LogP contribution in [-0.2, 0) is 0 Å². The number of pyridine rings is 1. The molecule has 15 heavy (non-hydrogen) atoms. The molecule has 4 nitrogen and oxygen atoms in total. The highest BCUT2D eigenvalue weighted by atomic mass is 79.9. The maximum atomic E-state index is 12.1. The first kappa shape index (κ1) is 10.3. The van der Waals surface area contributed by atoms with E-state index in [1.54, 1.807) is 13.1 Å². The van der Waals surface area contributed by atoms with Crippen molar-refractivity contribution in [2.24, 2.45) is 0 Å². The molecule has 0 aliphatic heterocycles. The molecule has 2 aromatic rings. The average molecular weight is 278 g/mol. The Hall–Kier alpha value is -1.24. The van der Waals surface area contributed by atoms with Gasteiger partial charge in [0, 0.05) is 16.7 Å². The standard InChI is InChI=1S/C8H6BrF2N3O/c1-4-12-7-6(15-8(10)11)2-5(9)3-14(7)13-4/h2-3,8H,1H3. The molecule has 2 aromatic heterocycles. The van der Waals surface area contributed by atoms with E-state index in [-0.39, 0.29) is 11.4 Å². The third-order valence-electron chi connectivity index (χ3n) is 1.69. The monoisotopic (exact) mass is 277 g/mol. The van der Waals surface area contributed by atoms with Gasteiger partial charge in [-0.2, -0.15) is 13.9 Å². The summed E-state index contributed by atoms with van der Waals surface area (Å²) in [6.45, 7) is -1.20. The number of rotatable bonds is 2. The van der Waals surface area contributed by atoms with E-state index in [1.165, 1.54) is 10.6 Å². The predicted molar refractivity (Wildman–Crippen MR) is 52.1 cm³/mol. The number of alkyl halides is 2. The van der Waals surface area contributed by atoms with Crippen LogP contribution in [-0.4, -0.2) is 21.2 Å². The molecule has 0 radical (unpaired) electrons. The van der Waals surface area contributed by atoms with Crippen LogP contribution in [0.5, 0.6) is 5.75 Å². The molecule has 0 saturated heterocycles. The van der Waals surface area contributed by atoms with Crippen LogP contribution in [0.4, 0.5) is 8.78 Å². The molecule has 0 N–H and O–H groups in total. The summed E-state index contributed by atoms with van der Waals surface area (Å²) in [5, 5.41) is 3.99. The summed E-state index contributed by atoms with van der Waals surface area (Å²) in [4.78, 5) is 3.98. The second kappa shape index (κ2) is 3.73. The van der Waals surface area contributed by atoms with E-state index in [0.717, 1.165) is 0 Å². The van der Waals surface area contributed by atoms with Crippen LogP contribution in [0, 0.1) is 6.92 Å². The van der Waals surface area contributed by atoms with Gasteiger partial charge in [0.1, 0.15) is 5.82 Å². The highest BCUT2D eigenvalue weighted by molar-refractivity contribution is 9.10. The maximum Gasteiger partial charge on any atom is 0.387 e.